The third-order valence-corrected chi connectivity index (χ3v) is 6.48. The Bertz CT molecular complexity index is 1780. The molecule has 3 heterocycles. The molecule has 0 bridgehead atoms. The first-order valence-corrected chi connectivity index (χ1v) is 11.1. The zero-order valence-corrected chi connectivity index (χ0v) is 18.6. The van der Waals surface area contributed by atoms with E-state index >= 15 is 0 Å². The highest BCUT2D eigenvalue weighted by atomic mass is 16.5. The Morgan fingerprint density at radius 2 is 1.77 bits per heavy atom. The van der Waals surface area contributed by atoms with Crippen molar-refractivity contribution >= 4 is 27.8 Å². The van der Waals surface area contributed by atoms with Crippen molar-refractivity contribution in [2.24, 2.45) is 0 Å². The molecule has 1 atom stereocenters. The molecule has 2 N–H and O–H groups in total. The number of carbonyl (C=O) groups is 1. The lowest BCUT2D eigenvalue weighted by Crippen LogP contribution is -2.26. The van der Waals surface area contributed by atoms with Gasteiger partial charge in [0.25, 0.3) is 5.56 Å². The molecule has 35 heavy (non-hydrogen) atoms. The van der Waals surface area contributed by atoms with Gasteiger partial charge in [0.2, 0.25) is 0 Å². The fraction of sp³-hybridized carbons (Fsp3) is 0.107. The number of para-hydroxylation sites is 1. The molecule has 7 heteroatoms. The average molecular weight is 465 g/mol. The van der Waals surface area contributed by atoms with E-state index < -0.39 is 17.3 Å². The van der Waals surface area contributed by atoms with Crippen molar-refractivity contribution in [1.29, 1.82) is 0 Å². The molecule has 1 aliphatic heterocycles. The van der Waals surface area contributed by atoms with Crippen LogP contribution in [0.5, 0.6) is 11.5 Å². The van der Waals surface area contributed by atoms with Crippen molar-refractivity contribution in [1.82, 2.24) is 4.98 Å². The van der Waals surface area contributed by atoms with E-state index in [9.17, 15) is 19.5 Å². The van der Waals surface area contributed by atoms with Crippen molar-refractivity contribution in [2.75, 3.05) is 0 Å². The molecule has 3 aromatic carbocycles. The second kappa shape index (κ2) is 7.70. The summed E-state index contributed by atoms with van der Waals surface area (Å²) in [6.45, 7) is 1.90. The second-order valence-electron chi connectivity index (χ2n) is 8.68. The molecule has 0 saturated carbocycles. The van der Waals surface area contributed by atoms with Crippen LogP contribution in [0.2, 0.25) is 0 Å². The summed E-state index contributed by atoms with van der Waals surface area (Å²) >= 11 is 0. The lowest BCUT2D eigenvalue weighted by atomic mass is 9.85. The van der Waals surface area contributed by atoms with E-state index in [0.29, 0.717) is 28.0 Å². The molecule has 0 radical (unpaired) electrons. The number of rotatable bonds is 2. The fourth-order valence-corrected chi connectivity index (χ4v) is 4.83. The van der Waals surface area contributed by atoms with Gasteiger partial charge in [-0.2, -0.15) is 0 Å². The van der Waals surface area contributed by atoms with Gasteiger partial charge in [-0.05, 0) is 23.9 Å². The van der Waals surface area contributed by atoms with Crippen LogP contribution in [0.3, 0.4) is 0 Å². The Labute approximate surface area is 198 Å². The Hall–Kier alpha value is -4.65. The third kappa shape index (κ3) is 3.32. The number of H-pyrrole nitrogens is 1. The number of pyridine rings is 1. The van der Waals surface area contributed by atoms with E-state index in [1.165, 1.54) is 12.1 Å². The van der Waals surface area contributed by atoms with E-state index in [4.69, 9.17) is 9.15 Å². The number of aromatic nitrogens is 1. The summed E-state index contributed by atoms with van der Waals surface area (Å²) in [7, 11) is 0. The number of nitrogens with one attached hydrogen (secondary N) is 1. The molecule has 7 nitrogen and oxygen atoms in total. The average Bonchev–Trinajstić information content (AvgIpc) is 2.84. The predicted molar refractivity (Wildman–Crippen MR) is 131 cm³/mol. The van der Waals surface area contributed by atoms with Crippen LogP contribution in [0.4, 0.5) is 0 Å². The molecular weight excluding hydrogens is 446 g/mol. The number of ether oxygens (including phenoxy) is 1. The van der Waals surface area contributed by atoms with Crippen LogP contribution in [0, 0.1) is 6.92 Å². The van der Waals surface area contributed by atoms with Crippen LogP contribution < -0.4 is 15.7 Å². The minimum Gasteiger partial charge on any atom is -0.507 e. The molecular formula is C28H19NO6. The standard InChI is InChI=1S/C28H19NO6/c1-14-6-5-9-16-10-18(28(33)29-26(14)16)17-11-23(32)34-22-13-20(31)25-19(30)12-21(35-27(25)24(17)22)15-7-3-2-4-8-15/h2-10,12-13,17,31H,11H2,1H3,(H,29,33). The van der Waals surface area contributed by atoms with Crippen molar-refractivity contribution < 1.29 is 19.1 Å². The second-order valence-corrected chi connectivity index (χ2v) is 8.68. The van der Waals surface area contributed by atoms with Crippen LogP contribution in [0.25, 0.3) is 33.2 Å². The van der Waals surface area contributed by atoms with Crippen molar-refractivity contribution in [3.63, 3.8) is 0 Å². The maximum atomic E-state index is 13.2. The van der Waals surface area contributed by atoms with Gasteiger partial charge < -0.3 is 19.2 Å². The van der Waals surface area contributed by atoms with Crippen molar-refractivity contribution in [3.05, 3.63) is 104 Å². The summed E-state index contributed by atoms with van der Waals surface area (Å²) in [6, 6.07) is 19.1. The van der Waals surface area contributed by atoms with Gasteiger partial charge in [0.15, 0.2) is 5.43 Å². The first-order chi connectivity index (χ1) is 16.9. The zero-order valence-electron chi connectivity index (χ0n) is 18.6. The fourth-order valence-electron chi connectivity index (χ4n) is 4.83. The zero-order chi connectivity index (χ0) is 24.3. The van der Waals surface area contributed by atoms with Crippen LogP contribution in [-0.4, -0.2) is 16.1 Å². The molecule has 2 aromatic heterocycles. The molecule has 5 aromatic rings. The highest BCUT2D eigenvalue weighted by Crippen LogP contribution is 2.45. The molecule has 0 spiro atoms. The predicted octanol–water partition coefficient (Wildman–Crippen LogP) is 4.76. The first kappa shape index (κ1) is 20.9. The minimum absolute atomic E-state index is 0.0283. The molecule has 6 rings (SSSR count). The molecule has 0 saturated heterocycles. The summed E-state index contributed by atoms with van der Waals surface area (Å²) in [5, 5.41) is 11.4. The molecule has 1 aliphatic rings. The summed E-state index contributed by atoms with van der Waals surface area (Å²) in [5.41, 5.74) is 2.34. The molecule has 0 fully saturated rings. The van der Waals surface area contributed by atoms with Crippen LogP contribution in [0.1, 0.15) is 29.0 Å². The normalized spacial score (nSPS) is 15.2. The Morgan fingerprint density at radius 1 is 0.971 bits per heavy atom. The lowest BCUT2D eigenvalue weighted by molar-refractivity contribution is -0.135. The smallest absolute Gasteiger partial charge is 0.312 e. The van der Waals surface area contributed by atoms with Gasteiger partial charge in [-0.1, -0.05) is 48.5 Å². The minimum atomic E-state index is -0.739. The Kier molecular flexibility index (Phi) is 4.60. The molecule has 0 aliphatic carbocycles. The quantitative estimate of drug-likeness (QED) is 0.287. The number of hydrogen-bond donors (Lipinski definition) is 2. The lowest BCUT2D eigenvalue weighted by Gasteiger charge is -2.25. The SMILES string of the molecule is Cc1cccc2cc(C3CC(=O)Oc4cc(O)c5c(=O)cc(-c6ccccc6)oc5c43)c(=O)[nH]c12. The largest absolute Gasteiger partial charge is 0.507 e. The van der Waals surface area contributed by atoms with Crippen LogP contribution in [-0.2, 0) is 4.79 Å². The Morgan fingerprint density at radius 3 is 2.57 bits per heavy atom. The van der Waals surface area contributed by atoms with Gasteiger partial charge >= 0.3 is 5.97 Å². The number of hydrogen-bond acceptors (Lipinski definition) is 6. The van der Waals surface area contributed by atoms with Crippen LogP contribution in [0.15, 0.2) is 80.7 Å². The number of benzene rings is 3. The monoisotopic (exact) mass is 465 g/mol. The van der Waals surface area contributed by atoms with Gasteiger partial charge in [-0.15, -0.1) is 0 Å². The molecule has 0 amide bonds. The Balaban J connectivity index is 1.68. The summed E-state index contributed by atoms with van der Waals surface area (Å²) < 4.78 is 11.6. The number of phenolic OH excluding ortho intramolecular Hbond substituents is 1. The van der Waals surface area contributed by atoms with Crippen LogP contribution >= 0.6 is 0 Å². The maximum absolute atomic E-state index is 13.2. The topological polar surface area (TPSA) is 110 Å². The van der Waals surface area contributed by atoms with E-state index in [0.717, 1.165) is 10.9 Å². The van der Waals surface area contributed by atoms with Gasteiger partial charge in [0.05, 0.1) is 11.9 Å². The van der Waals surface area contributed by atoms with Gasteiger partial charge in [0.1, 0.15) is 28.2 Å². The van der Waals surface area contributed by atoms with E-state index in [2.05, 4.69) is 4.98 Å². The molecule has 172 valence electrons. The number of fused-ring (bicyclic) bond motifs is 4. The summed E-state index contributed by atoms with van der Waals surface area (Å²) in [5.74, 6) is -1.28. The van der Waals surface area contributed by atoms with E-state index in [-0.39, 0.29) is 34.4 Å². The summed E-state index contributed by atoms with van der Waals surface area (Å²) in [6.07, 6.45) is -0.118. The number of aromatic hydroxyl groups is 1. The van der Waals surface area contributed by atoms with Gasteiger partial charge in [-0.25, -0.2) is 0 Å². The van der Waals surface area contributed by atoms with Crippen molar-refractivity contribution in [2.45, 2.75) is 19.3 Å². The van der Waals surface area contributed by atoms with E-state index in [1.54, 1.807) is 18.2 Å². The number of aryl methyl sites for hydroxylation is 1. The number of phenols is 1. The number of esters is 1. The maximum Gasteiger partial charge on any atom is 0.312 e. The highest BCUT2D eigenvalue weighted by Gasteiger charge is 2.35. The van der Waals surface area contributed by atoms with Gasteiger partial charge in [0, 0.05) is 34.7 Å². The molecule has 1 unspecified atom stereocenters. The number of aromatic amines is 1. The van der Waals surface area contributed by atoms with Crippen molar-refractivity contribution in [3.8, 4) is 22.8 Å². The summed E-state index contributed by atoms with van der Waals surface area (Å²) in [4.78, 5) is 41.7. The van der Waals surface area contributed by atoms with Gasteiger partial charge in [-0.3, -0.25) is 14.4 Å². The van der Waals surface area contributed by atoms with E-state index in [1.807, 2.05) is 43.3 Å². The number of carbonyl (C=O) groups excluding carboxylic acids is 1. The highest BCUT2D eigenvalue weighted by molar-refractivity contribution is 5.93. The third-order valence-electron chi connectivity index (χ3n) is 6.48. The first-order valence-electron chi connectivity index (χ1n) is 11.1.